The summed E-state index contributed by atoms with van der Waals surface area (Å²) < 4.78 is 11.1. The third-order valence-corrected chi connectivity index (χ3v) is 4.19. The average Bonchev–Trinajstić information content (AvgIpc) is 2.47. The molecule has 1 aliphatic heterocycles. The molecule has 1 aliphatic rings. The molecule has 21 heavy (non-hydrogen) atoms. The molecule has 0 spiro atoms. The Balaban J connectivity index is 1.92. The van der Waals surface area contributed by atoms with Gasteiger partial charge in [-0.05, 0) is 24.1 Å². The number of aromatic nitrogens is 2. The number of fused-ring (bicyclic) bond motifs is 1. The van der Waals surface area contributed by atoms with E-state index in [1.807, 2.05) is 18.2 Å². The lowest BCUT2D eigenvalue weighted by molar-refractivity contribution is 0.171. The second-order valence-corrected chi connectivity index (χ2v) is 6.10. The molecule has 110 valence electrons. The molecule has 0 bridgehead atoms. The zero-order valence-corrected chi connectivity index (χ0v) is 12.8. The quantitative estimate of drug-likeness (QED) is 0.879. The monoisotopic (exact) mass is 303 g/mol. The van der Waals surface area contributed by atoms with Crippen molar-refractivity contribution in [1.29, 1.82) is 0 Å². The van der Waals surface area contributed by atoms with Crippen LogP contribution in [0.15, 0.2) is 34.4 Å². The Labute approximate surface area is 127 Å². The first kappa shape index (κ1) is 14.0. The molecule has 0 unspecified atom stereocenters. The minimum atomic E-state index is 0.269. The third kappa shape index (κ3) is 2.90. The minimum absolute atomic E-state index is 0.269. The Bertz CT molecular complexity index is 661. The summed E-state index contributed by atoms with van der Waals surface area (Å²) in [5.41, 5.74) is 6.96. The Morgan fingerprint density at radius 1 is 1.14 bits per heavy atom. The van der Waals surface area contributed by atoms with Crippen molar-refractivity contribution in [3.63, 3.8) is 0 Å². The molecule has 1 aromatic carbocycles. The van der Waals surface area contributed by atoms with Crippen molar-refractivity contribution in [3.05, 3.63) is 30.1 Å². The van der Waals surface area contributed by atoms with Gasteiger partial charge in [-0.25, -0.2) is 9.97 Å². The van der Waals surface area contributed by atoms with E-state index in [0.717, 1.165) is 27.0 Å². The van der Waals surface area contributed by atoms with E-state index in [9.17, 15) is 0 Å². The van der Waals surface area contributed by atoms with Crippen LogP contribution in [0.5, 0.6) is 11.5 Å². The smallest absolute Gasteiger partial charge is 0.162 e. The van der Waals surface area contributed by atoms with Crippen LogP contribution in [0.2, 0.25) is 0 Å². The van der Waals surface area contributed by atoms with Gasteiger partial charge in [-0.15, -0.1) is 0 Å². The molecule has 0 amide bonds. The second-order valence-electron chi connectivity index (χ2n) is 5.04. The zero-order valence-electron chi connectivity index (χ0n) is 12.0. The first-order chi connectivity index (χ1) is 10.1. The summed E-state index contributed by atoms with van der Waals surface area (Å²) in [6.07, 6.45) is 1.50. The minimum Gasteiger partial charge on any atom is -0.486 e. The van der Waals surface area contributed by atoms with E-state index in [0.29, 0.717) is 19.0 Å². The maximum atomic E-state index is 5.98. The first-order valence-corrected chi connectivity index (χ1v) is 7.64. The number of ether oxygens (including phenoxy) is 2. The largest absolute Gasteiger partial charge is 0.486 e. The van der Waals surface area contributed by atoms with Crippen LogP contribution in [0.1, 0.15) is 25.3 Å². The molecule has 2 N–H and O–H groups in total. The Morgan fingerprint density at radius 3 is 2.67 bits per heavy atom. The number of nitrogens with two attached hydrogens (primary N) is 1. The normalized spacial score (nSPS) is 13.5. The van der Waals surface area contributed by atoms with Gasteiger partial charge in [0.15, 0.2) is 11.5 Å². The summed E-state index contributed by atoms with van der Waals surface area (Å²) >= 11 is 1.56. The van der Waals surface area contributed by atoms with E-state index >= 15 is 0 Å². The fraction of sp³-hybridized carbons (Fsp3) is 0.333. The predicted octanol–water partition coefficient (Wildman–Crippen LogP) is 3.10. The molecule has 2 heterocycles. The Hall–Kier alpha value is -1.95. The van der Waals surface area contributed by atoms with E-state index in [2.05, 4.69) is 23.8 Å². The predicted molar refractivity (Wildman–Crippen MR) is 82.1 cm³/mol. The molecule has 1 aromatic heterocycles. The molecule has 0 saturated heterocycles. The Kier molecular flexibility index (Phi) is 3.88. The van der Waals surface area contributed by atoms with Gasteiger partial charge < -0.3 is 15.2 Å². The van der Waals surface area contributed by atoms with E-state index in [-0.39, 0.29) is 5.92 Å². The van der Waals surface area contributed by atoms with E-state index in [1.54, 1.807) is 11.8 Å². The number of hydrogen-bond acceptors (Lipinski definition) is 6. The van der Waals surface area contributed by atoms with E-state index in [4.69, 9.17) is 15.2 Å². The van der Waals surface area contributed by atoms with E-state index < -0.39 is 0 Å². The molecule has 2 aromatic rings. The number of rotatable bonds is 3. The van der Waals surface area contributed by atoms with Crippen molar-refractivity contribution < 1.29 is 9.47 Å². The van der Waals surface area contributed by atoms with Crippen LogP contribution >= 0.6 is 11.8 Å². The summed E-state index contributed by atoms with van der Waals surface area (Å²) in [6.45, 7) is 5.35. The maximum absolute atomic E-state index is 5.98. The highest BCUT2D eigenvalue weighted by molar-refractivity contribution is 7.99. The molecule has 3 rings (SSSR count). The highest BCUT2D eigenvalue weighted by Crippen LogP contribution is 2.39. The lowest BCUT2D eigenvalue weighted by atomic mass is 10.1. The molecule has 0 aliphatic carbocycles. The highest BCUT2D eigenvalue weighted by Gasteiger charge is 2.16. The van der Waals surface area contributed by atoms with Gasteiger partial charge in [-0.1, -0.05) is 25.6 Å². The van der Waals surface area contributed by atoms with Crippen molar-refractivity contribution in [3.8, 4) is 11.5 Å². The van der Waals surface area contributed by atoms with Crippen LogP contribution in [-0.2, 0) is 0 Å². The zero-order chi connectivity index (χ0) is 14.8. The van der Waals surface area contributed by atoms with Crippen molar-refractivity contribution in [2.45, 2.75) is 29.7 Å². The van der Waals surface area contributed by atoms with Crippen LogP contribution in [0, 0.1) is 0 Å². The van der Waals surface area contributed by atoms with Gasteiger partial charge in [0.25, 0.3) is 0 Å². The Morgan fingerprint density at radius 2 is 1.90 bits per heavy atom. The molecule has 5 nitrogen and oxygen atoms in total. The summed E-state index contributed by atoms with van der Waals surface area (Å²) in [5.74, 6) is 2.38. The van der Waals surface area contributed by atoms with Crippen LogP contribution in [-0.4, -0.2) is 23.2 Å². The number of anilines is 1. The topological polar surface area (TPSA) is 70.3 Å². The van der Waals surface area contributed by atoms with Crippen molar-refractivity contribution >= 4 is 17.6 Å². The van der Waals surface area contributed by atoms with Crippen LogP contribution in [0.3, 0.4) is 0 Å². The number of hydrogen-bond donors (Lipinski definition) is 1. The van der Waals surface area contributed by atoms with Crippen molar-refractivity contribution in [2.75, 3.05) is 18.9 Å². The van der Waals surface area contributed by atoms with Gasteiger partial charge in [0.2, 0.25) is 0 Å². The summed E-state index contributed by atoms with van der Waals surface area (Å²) in [5, 5.41) is 0.883. The fourth-order valence-corrected chi connectivity index (χ4v) is 3.29. The lowest BCUT2D eigenvalue weighted by Gasteiger charge is -2.19. The highest BCUT2D eigenvalue weighted by atomic mass is 32.2. The molecular weight excluding hydrogens is 286 g/mol. The fourth-order valence-electron chi connectivity index (χ4n) is 2.21. The molecular formula is C15H17N3O2S. The summed E-state index contributed by atoms with van der Waals surface area (Å²) in [7, 11) is 0. The first-order valence-electron chi connectivity index (χ1n) is 6.83. The summed E-state index contributed by atoms with van der Waals surface area (Å²) in [6, 6.07) is 5.90. The maximum Gasteiger partial charge on any atom is 0.162 e. The lowest BCUT2D eigenvalue weighted by Crippen LogP contribution is -2.15. The van der Waals surface area contributed by atoms with Gasteiger partial charge in [0, 0.05) is 10.5 Å². The molecule has 0 atom stereocenters. The van der Waals surface area contributed by atoms with Gasteiger partial charge >= 0.3 is 0 Å². The molecule has 6 heteroatoms. The number of benzene rings is 1. The standard InChI is InChI=1S/C15H17N3O2S/c1-9(2)13-14(16)17-8-18-15(13)21-10-3-4-11-12(7-10)20-6-5-19-11/h3-4,7-9H,5-6H2,1-2H3,(H2,16,17,18). The average molecular weight is 303 g/mol. The molecule has 0 saturated carbocycles. The van der Waals surface area contributed by atoms with E-state index in [1.165, 1.54) is 6.33 Å². The van der Waals surface area contributed by atoms with Gasteiger partial charge in [-0.2, -0.15) is 0 Å². The van der Waals surface area contributed by atoms with Crippen LogP contribution < -0.4 is 15.2 Å². The van der Waals surface area contributed by atoms with Crippen LogP contribution in [0.4, 0.5) is 5.82 Å². The molecule has 0 fully saturated rings. The molecule has 0 radical (unpaired) electrons. The van der Waals surface area contributed by atoms with Crippen molar-refractivity contribution in [1.82, 2.24) is 9.97 Å². The van der Waals surface area contributed by atoms with Crippen molar-refractivity contribution in [2.24, 2.45) is 0 Å². The number of nitrogens with zero attached hydrogens (tertiary/aromatic N) is 2. The van der Waals surface area contributed by atoms with Crippen LogP contribution in [0.25, 0.3) is 0 Å². The SMILES string of the molecule is CC(C)c1c(N)ncnc1Sc1ccc2c(c1)OCCO2. The summed E-state index contributed by atoms with van der Waals surface area (Å²) in [4.78, 5) is 9.49. The number of nitrogen functional groups attached to an aromatic ring is 1. The van der Waals surface area contributed by atoms with Gasteiger partial charge in [0.1, 0.15) is 30.4 Å². The van der Waals surface area contributed by atoms with Gasteiger partial charge in [0.05, 0.1) is 0 Å². The van der Waals surface area contributed by atoms with Gasteiger partial charge in [-0.3, -0.25) is 0 Å². The second kappa shape index (κ2) is 5.81. The third-order valence-electron chi connectivity index (χ3n) is 3.18.